The highest BCUT2D eigenvalue weighted by molar-refractivity contribution is 6.34. The highest BCUT2D eigenvalue weighted by atomic mass is 35.5. The van der Waals surface area contributed by atoms with Gasteiger partial charge in [0.25, 0.3) is 0 Å². The van der Waals surface area contributed by atoms with Crippen LogP contribution in [0.15, 0.2) is 17.1 Å². The average Bonchev–Trinajstić information content (AvgIpc) is 3.35. The molecule has 1 saturated heterocycles. The molecule has 0 radical (unpaired) electrons. The first-order chi connectivity index (χ1) is 12.9. The number of ether oxygens (including phenoxy) is 1. The van der Waals surface area contributed by atoms with Crippen molar-refractivity contribution in [2.45, 2.75) is 18.6 Å². The quantitative estimate of drug-likeness (QED) is 0.772. The minimum atomic E-state index is -1.69. The summed E-state index contributed by atoms with van der Waals surface area (Å²) in [6, 6.07) is 0.608. The molecule has 1 aliphatic heterocycles. The Hall–Kier alpha value is -2.39. The minimum Gasteiger partial charge on any atom is -0.449 e. The molecule has 2 aromatic rings. The monoisotopic (exact) mass is 399 g/mol. The van der Waals surface area contributed by atoms with E-state index in [4.69, 9.17) is 16.7 Å². The molecule has 27 heavy (non-hydrogen) atoms. The van der Waals surface area contributed by atoms with Gasteiger partial charge >= 0.3 is 6.16 Å². The van der Waals surface area contributed by atoms with Crippen LogP contribution in [0, 0.1) is 5.82 Å². The number of anilines is 1. The van der Waals surface area contributed by atoms with Gasteiger partial charge in [-0.3, -0.25) is 4.79 Å². The number of carbonyl (C=O) groups is 1. The van der Waals surface area contributed by atoms with Gasteiger partial charge in [0.1, 0.15) is 6.17 Å². The third-order valence-corrected chi connectivity index (χ3v) is 5.11. The van der Waals surface area contributed by atoms with Crippen LogP contribution in [0.5, 0.6) is 5.75 Å². The zero-order valence-electron chi connectivity index (χ0n) is 14.0. The van der Waals surface area contributed by atoms with Gasteiger partial charge in [0.2, 0.25) is 5.43 Å². The number of pyridine rings is 1. The molecule has 0 spiro atoms. The van der Waals surface area contributed by atoms with Gasteiger partial charge in [0, 0.05) is 32.6 Å². The Labute approximate surface area is 157 Å². The van der Waals surface area contributed by atoms with Gasteiger partial charge in [-0.15, -0.1) is 0 Å². The van der Waals surface area contributed by atoms with E-state index in [0.717, 1.165) is 6.20 Å². The van der Waals surface area contributed by atoms with Crippen molar-refractivity contribution < 1.29 is 23.4 Å². The normalized spacial score (nSPS) is 22.1. The van der Waals surface area contributed by atoms with Crippen LogP contribution in [0.25, 0.3) is 10.9 Å². The summed E-state index contributed by atoms with van der Waals surface area (Å²) < 4.78 is 35.0. The van der Waals surface area contributed by atoms with Crippen LogP contribution in [-0.4, -0.2) is 48.2 Å². The maximum absolute atomic E-state index is 15.5. The Balaban J connectivity index is 1.97. The SMILES string of the molecule is O=C(O)Oc1cn(C2CC2F)c2c(F)c(N3CCNCC3)c(Cl)cc2c1=O. The molecule has 2 atom stereocenters. The lowest BCUT2D eigenvalue weighted by Gasteiger charge is -2.31. The number of alkyl halides is 1. The van der Waals surface area contributed by atoms with E-state index in [1.807, 2.05) is 0 Å². The van der Waals surface area contributed by atoms with Gasteiger partial charge < -0.3 is 24.6 Å². The zero-order chi connectivity index (χ0) is 19.3. The van der Waals surface area contributed by atoms with E-state index in [1.54, 1.807) is 4.90 Å². The largest absolute Gasteiger partial charge is 0.511 e. The van der Waals surface area contributed by atoms with Crippen molar-refractivity contribution in [3.8, 4) is 5.75 Å². The van der Waals surface area contributed by atoms with Crippen molar-refractivity contribution in [3.63, 3.8) is 0 Å². The highest BCUT2D eigenvalue weighted by Crippen LogP contribution is 2.43. The topological polar surface area (TPSA) is 83.8 Å². The summed E-state index contributed by atoms with van der Waals surface area (Å²) in [5.74, 6) is -1.24. The Morgan fingerprint density at radius 2 is 2.04 bits per heavy atom. The first-order valence-electron chi connectivity index (χ1n) is 8.46. The summed E-state index contributed by atoms with van der Waals surface area (Å²) in [5.41, 5.74) is -0.755. The van der Waals surface area contributed by atoms with E-state index < -0.39 is 35.4 Å². The fourth-order valence-electron chi connectivity index (χ4n) is 3.45. The minimum absolute atomic E-state index is 0.0330. The lowest BCUT2D eigenvalue weighted by molar-refractivity contribution is 0.143. The van der Waals surface area contributed by atoms with Crippen LogP contribution in [0.1, 0.15) is 12.5 Å². The zero-order valence-corrected chi connectivity index (χ0v) is 14.8. The van der Waals surface area contributed by atoms with Crippen molar-refractivity contribution in [1.29, 1.82) is 0 Å². The van der Waals surface area contributed by atoms with E-state index in [-0.39, 0.29) is 28.0 Å². The summed E-state index contributed by atoms with van der Waals surface area (Å²) in [7, 11) is 0. The lowest BCUT2D eigenvalue weighted by atomic mass is 10.1. The Morgan fingerprint density at radius 1 is 1.37 bits per heavy atom. The predicted molar refractivity (Wildman–Crippen MR) is 95.5 cm³/mol. The molecule has 2 fully saturated rings. The molecule has 0 amide bonds. The molecular weight excluding hydrogens is 384 g/mol. The molecule has 7 nitrogen and oxygen atoms in total. The summed E-state index contributed by atoms with van der Waals surface area (Å²) in [5, 5.41) is 11.9. The Kier molecular flexibility index (Phi) is 4.43. The molecule has 1 aliphatic carbocycles. The number of benzene rings is 1. The standard InChI is InChI=1S/C17H16ClF2N3O4/c18-9-5-8-14(13(20)15(9)22-3-1-21-2-4-22)23(11-6-10(11)19)7-12(16(8)24)27-17(25)26/h5,7,10-11,21H,1-4,6H2,(H,25,26). The second kappa shape index (κ2) is 6.65. The number of nitrogens with zero attached hydrogens (tertiary/aromatic N) is 2. The molecule has 1 aromatic carbocycles. The van der Waals surface area contributed by atoms with Crippen LogP contribution in [0.2, 0.25) is 5.02 Å². The molecule has 2 N–H and O–H groups in total. The summed E-state index contributed by atoms with van der Waals surface area (Å²) in [4.78, 5) is 25.2. The molecular formula is C17H16ClF2N3O4. The van der Waals surface area contributed by atoms with Gasteiger partial charge in [-0.2, -0.15) is 0 Å². The van der Waals surface area contributed by atoms with Gasteiger partial charge in [-0.05, 0) is 6.07 Å². The second-order valence-corrected chi connectivity index (χ2v) is 6.98. The number of hydrogen-bond donors (Lipinski definition) is 2. The van der Waals surface area contributed by atoms with Crippen LogP contribution in [0.3, 0.4) is 0 Å². The third-order valence-electron chi connectivity index (χ3n) is 4.82. The molecule has 2 unspecified atom stereocenters. The fraction of sp³-hybridized carbons (Fsp3) is 0.412. The summed E-state index contributed by atoms with van der Waals surface area (Å²) in [6.07, 6.45) is -1.68. The van der Waals surface area contributed by atoms with E-state index in [9.17, 15) is 14.0 Å². The summed E-state index contributed by atoms with van der Waals surface area (Å²) in [6.45, 7) is 2.37. The van der Waals surface area contributed by atoms with Crippen molar-refractivity contribution in [2.24, 2.45) is 0 Å². The number of nitrogens with one attached hydrogen (secondary N) is 1. The number of fused-ring (bicyclic) bond motifs is 1. The molecule has 1 aromatic heterocycles. The first kappa shape index (κ1) is 18.0. The number of piperazine rings is 1. The number of halogens is 3. The maximum Gasteiger partial charge on any atom is 0.511 e. The van der Waals surface area contributed by atoms with Crippen molar-refractivity contribution in [3.05, 3.63) is 33.3 Å². The van der Waals surface area contributed by atoms with E-state index in [1.165, 1.54) is 10.6 Å². The second-order valence-electron chi connectivity index (χ2n) is 6.57. The number of hydrogen-bond acceptors (Lipinski definition) is 5. The fourth-order valence-corrected chi connectivity index (χ4v) is 3.76. The van der Waals surface area contributed by atoms with Gasteiger partial charge in [0.15, 0.2) is 11.6 Å². The smallest absolute Gasteiger partial charge is 0.449 e. The van der Waals surface area contributed by atoms with E-state index in [2.05, 4.69) is 10.1 Å². The number of aromatic nitrogens is 1. The Bertz CT molecular complexity index is 991. The van der Waals surface area contributed by atoms with Crippen LogP contribution in [-0.2, 0) is 0 Å². The van der Waals surface area contributed by atoms with Gasteiger partial charge in [0.05, 0.1) is 33.9 Å². The average molecular weight is 400 g/mol. The van der Waals surface area contributed by atoms with E-state index >= 15 is 4.39 Å². The molecule has 0 bridgehead atoms. The third kappa shape index (κ3) is 3.10. The summed E-state index contributed by atoms with van der Waals surface area (Å²) >= 11 is 6.27. The molecule has 4 rings (SSSR count). The molecule has 2 heterocycles. The number of rotatable bonds is 3. The van der Waals surface area contributed by atoms with E-state index in [0.29, 0.717) is 26.2 Å². The van der Waals surface area contributed by atoms with Crippen molar-refractivity contribution in [1.82, 2.24) is 9.88 Å². The van der Waals surface area contributed by atoms with Crippen LogP contribution < -0.4 is 20.4 Å². The van der Waals surface area contributed by atoms with Gasteiger partial charge in [-0.25, -0.2) is 13.6 Å². The molecule has 10 heteroatoms. The molecule has 2 aliphatic rings. The van der Waals surface area contributed by atoms with Gasteiger partial charge in [-0.1, -0.05) is 11.6 Å². The van der Waals surface area contributed by atoms with Crippen LogP contribution in [0.4, 0.5) is 19.3 Å². The Morgan fingerprint density at radius 3 is 2.63 bits per heavy atom. The number of carboxylic acid groups (broad SMARTS) is 1. The van der Waals surface area contributed by atoms with Crippen molar-refractivity contribution in [2.75, 3.05) is 31.1 Å². The lowest BCUT2D eigenvalue weighted by Crippen LogP contribution is -2.44. The van der Waals surface area contributed by atoms with Crippen LogP contribution >= 0.6 is 11.6 Å². The highest BCUT2D eigenvalue weighted by Gasteiger charge is 2.41. The molecule has 144 valence electrons. The van der Waals surface area contributed by atoms with Crippen molar-refractivity contribution >= 4 is 34.3 Å². The first-order valence-corrected chi connectivity index (χ1v) is 8.83. The molecule has 1 saturated carbocycles. The maximum atomic E-state index is 15.5. The predicted octanol–water partition coefficient (Wildman–Crippen LogP) is 2.54.